The van der Waals surface area contributed by atoms with Crippen molar-refractivity contribution in [3.63, 3.8) is 0 Å². The fourth-order valence-electron chi connectivity index (χ4n) is 3.64. The highest BCUT2D eigenvalue weighted by Crippen LogP contribution is 2.34. The third-order valence-electron chi connectivity index (χ3n) is 5.38. The number of aryl methyl sites for hydroxylation is 1. The van der Waals surface area contributed by atoms with E-state index in [1.54, 1.807) is 13.4 Å². The van der Waals surface area contributed by atoms with Crippen molar-refractivity contribution < 1.29 is 9.13 Å². The van der Waals surface area contributed by atoms with Crippen LogP contribution < -0.4 is 10.6 Å². The largest absolute Gasteiger partial charge is 0.381 e. The van der Waals surface area contributed by atoms with Crippen molar-refractivity contribution in [3.05, 3.63) is 47.8 Å². The Bertz CT molecular complexity index is 774. The van der Waals surface area contributed by atoms with Crippen LogP contribution >= 0.6 is 24.0 Å². The monoisotopic (exact) mass is 516 g/mol. The predicted octanol–water partition coefficient (Wildman–Crippen LogP) is 2.51. The summed E-state index contributed by atoms with van der Waals surface area (Å²) in [5.74, 6) is 1.51. The van der Waals surface area contributed by atoms with Gasteiger partial charge >= 0.3 is 0 Å². The number of benzene rings is 1. The summed E-state index contributed by atoms with van der Waals surface area (Å²) in [5, 5.41) is 14.9. The summed E-state index contributed by atoms with van der Waals surface area (Å²) in [4.78, 5) is 4.34. The van der Waals surface area contributed by atoms with Gasteiger partial charge in [-0.25, -0.2) is 4.39 Å². The number of guanidine groups is 1. The van der Waals surface area contributed by atoms with Gasteiger partial charge in [0.1, 0.15) is 18.0 Å². The predicted molar refractivity (Wildman–Crippen MR) is 122 cm³/mol. The molecule has 0 bridgehead atoms. The molecule has 1 fully saturated rings. The summed E-state index contributed by atoms with van der Waals surface area (Å²) in [7, 11) is 1.76. The number of aliphatic imine (C=N–C) groups is 1. The van der Waals surface area contributed by atoms with Gasteiger partial charge in [0.25, 0.3) is 0 Å². The van der Waals surface area contributed by atoms with E-state index in [9.17, 15) is 4.39 Å². The van der Waals surface area contributed by atoms with Gasteiger partial charge in [-0.1, -0.05) is 19.1 Å². The van der Waals surface area contributed by atoms with Gasteiger partial charge in [-0.3, -0.25) is 4.99 Å². The number of nitrogens with one attached hydrogen (secondary N) is 2. The summed E-state index contributed by atoms with van der Waals surface area (Å²) in [5.41, 5.74) is 1.05. The average molecular weight is 516 g/mol. The van der Waals surface area contributed by atoms with E-state index in [-0.39, 0.29) is 35.2 Å². The van der Waals surface area contributed by atoms with Crippen LogP contribution in [0, 0.1) is 5.82 Å². The van der Waals surface area contributed by atoms with Gasteiger partial charge in [0.2, 0.25) is 0 Å². The summed E-state index contributed by atoms with van der Waals surface area (Å²) in [6.07, 6.45) is 4.39. The molecule has 1 aliphatic rings. The first kappa shape index (κ1) is 23.5. The maximum absolute atomic E-state index is 13.4. The molecule has 0 aliphatic carbocycles. The zero-order valence-electron chi connectivity index (χ0n) is 17.0. The minimum atomic E-state index is -0.211. The van der Waals surface area contributed by atoms with Gasteiger partial charge < -0.3 is 19.9 Å². The molecule has 0 amide bonds. The first-order valence-corrected chi connectivity index (χ1v) is 9.82. The Morgan fingerprint density at radius 1 is 1.24 bits per heavy atom. The molecule has 1 aliphatic heterocycles. The Morgan fingerprint density at radius 3 is 2.62 bits per heavy atom. The van der Waals surface area contributed by atoms with Gasteiger partial charge in [0.15, 0.2) is 5.96 Å². The van der Waals surface area contributed by atoms with Crippen LogP contribution in [0.3, 0.4) is 0 Å². The van der Waals surface area contributed by atoms with Crippen molar-refractivity contribution in [1.82, 2.24) is 25.4 Å². The Morgan fingerprint density at radius 2 is 1.97 bits per heavy atom. The first-order chi connectivity index (χ1) is 13.7. The Labute approximate surface area is 188 Å². The molecule has 0 spiro atoms. The van der Waals surface area contributed by atoms with Crippen molar-refractivity contribution in [2.24, 2.45) is 4.99 Å². The summed E-state index contributed by atoms with van der Waals surface area (Å²) in [6, 6.07) is 6.84. The van der Waals surface area contributed by atoms with Crippen molar-refractivity contribution in [2.75, 3.05) is 33.4 Å². The van der Waals surface area contributed by atoms with Gasteiger partial charge in [0.05, 0.1) is 0 Å². The van der Waals surface area contributed by atoms with Crippen LogP contribution in [-0.2, 0) is 23.1 Å². The van der Waals surface area contributed by atoms with Crippen LogP contribution in [0.5, 0.6) is 0 Å². The van der Waals surface area contributed by atoms with Crippen molar-refractivity contribution >= 4 is 29.9 Å². The lowest BCUT2D eigenvalue weighted by molar-refractivity contribution is 0.0513. The number of rotatable bonds is 7. The van der Waals surface area contributed by atoms with Crippen molar-refractivity contribution in [1.29, 1.82) is 0 Å². The van der Waals surface area contributed by atoms with Crippen molar-refractivity contribution in [3.8, 4) is 0 Å². The van der Waals surface area contributed by atoms with E-state index >= 15 is 0 Å². The molecule has 0 atom stereocenters. The maximum atomic E-state index is 13.4. The molecule has 2 heterocycles. The fraction of sp³-hybridized carbons (Fsp3) is 0.550. The fourth-order valence-corrected chi connectivity index (χ4v) is 3.64. The lowest BCUT2D eigenvalue weighted by Gasteiger charge is -2.38. The van der Waals surface area contributed by atoms with Crippen LogP contribution in [0.15, 0.2) is 35.6 Å². The molecule has 7 nitrogen and oxygen atoms in total. The standard InChI is InChI=1S/C20H29FN6O.HI/c1-3-18-26-25-15-27(18)11-10-23-19(22-2)24-14-20(8-12-28-13-9-20)16-4-6-17(21)7-5-16;/h4-7,15H,3,8-14H2,1-2H3,(H2,22,23,24);1H. The van der Waals surface area contributed by atoms with E-state index in [1.807, 2.05) is 16.7 Å². The van der Waals surface area contributed by atoms with Crippen LogP contribution in [0.2, 0.25) is 0 Å². The highest BCUT2D eigenvalue weighted by atomic mass is 127. The minimum Gasteiger partial charge on any atom is -0.381 e. The zero-order chi connectivity index (χ0) is 19.8. The smallest absolute Gasteiger partial charge is 0.191 e. The molecule has 3 rings (SSSR count). The Hall–Kier alpha value is -1.75. The quantitative estimate of drug-likeness (QED) is 0.336. The Balaban J connectivity index is 0.00000300. The number of nitrogens with zero attached hydrogens (tertiary/aromatic N) is 4. The number of halogens is 2. The molecule has 0 radical (unpaired) electrons. The number of hydrogen-bond acceptors (Lipinski definition) is 4. The van der Waals surface area contributed by atoms with E-state index < -0.39 is 0 Å². The topological polar surface area (TPSA) is 76.4 Å². The van der Waals surface area contributed by atoms with E-state index in [0.29, 0.717) is 19.8 Å². The second-order valence-corrected chi connectivity index (χ2v) is 7.05. The normalized spacial score (nSPS) is 16.2. The third-order valence-corrected chi connectivity index (χ3v) is 5.38. The van der Waals surface area contributed by atoms with Gasteiger partial charge in [0, 0.05) is 51.7 Å². The van der Waals surface area contributed by atoms with E-state index in [4.69, 9.17) is 4.74 Å². The van der Waals surface area contributed by atoms with Crippen LogP contribution in [-0.4, -0.2) is 54.1 Å². The highest BCUT2D eigenvalue weighted by Gasteiger charge is 2.34. The zero-order valence-corrected chi connectivity index (χ0v) is 19.4. The minimum absolute atomic E-state index is 0. The second-order valence-electron chi connectivity index (χ2n) is 7.05. The third kappa shape index (κ3) is 6.11. The Kier molecular flexibility index (Phi) is 9.28. The van der Waals surface area contributed by atoms with Crippen LogP contribution in [0.1, 0.15) is 31.2 Å². The van der Waals surface area contributed by atoms with E-state index in [0.717, 1.165) is 49.7 Å². The molecule has 29 heavy (non-hydrogen) atoms. The summed E-state index contributed by atoms with van der Waals surface area (Å²) < 4.78 is 21.0. The molecule has 1 aromatic carbocycles. The molecule has 2 aromatic rings. The molecule has 1 aromatic heterocycles. The lowest BCUT2D eigenvalue weighted by Crippen LogP contribution is -2.48. The van der Waals surface area contributed by atoms with Gasteiger partial charge in [-0.15, -0.1) is 34.2 Å². The maximum Gasteiger partial charge on any atom is 0.191 e. The number of ether oxygens (including phenoxy) is 1. The summed E-state index contributed by atoms with van der Waals surface area (Å²) >= 11 is 0. The van der Waals surface area contributed by atoms with E-state index in [2.05, 4.69) is 32.7 Å². The highest BCUT2D eigenvalue weighted by molar-refractivity contribution is 14.0. The molecular formula is C20H30FIN6O. The SMILES string of the molecule is CCc1nncn1CCNC(=NC)NCC1(c2ccc(F)cc2)CCOCC1.I. The molecule has 0 saturated carbocycles. The van der Waals surface area contributed by atoms with Gasteiger partial charge in [-0.05, 0) is 30.5 Å². The number of hydrogen-bond donors (Lipinski definition) is 2. The van der Waals surface area contributed by atoms with Gasteiger partial charge in [-0.2, -0.15) is 0 Å². The molecular weight excluding hydrogens is 486 g/mol. The molecule has 160 valence electrons. The molecule has 1 saturated heterocycles. The van der Waals surface area contributed by atoms with Crippen molar-refractivity contribution in [2.45, 2.75) is 38.1 Å². The summed E-state index contributed by atoms with van der Waals surface area (Å²) in [6.45, 7) is 5.69. The average Bonchev–Trinajstić information content (AvgIpc) is 3.19. The van der Waals surface area contributed by atoms with E-state index in [1.165, 1.54) is 12.1 Å². The molecule has 9 heteroatoms. The van der Waals surface area contributed by atoms with Crippen LogP contribution in [0.4, 0.5) is 4.39 Å². The first-order valence-electron chi connectivity index (χ1n) is 9.82. The number of aromatic nitrogens is 3. The molecule has 0 unspecified atom stereocenters. The molecule has 2 N–H and O–H groups in total. The van der Waals surface area contributed by atoms with Crippen LogP contribution in [0.25, 0.3) is 0 Å². The lowest BCUT2D eigenvalue weighted by atomic mass is 9.74. The second kappa shape index (κ2) is 11.4.